The van der Waals surface area contributed by atoms with Gasteiger partial charge in [0.1, 0.15) is 0 Å². The van der Waals surface area contributed by atoms with Crippen LogP contribution in [0.5, 0.6) is 0 Å². The third-order valence-corrected chi connectivity index (χ3v) is 3.62. The van der Waals surface area contributed by atoms with Crippen molar-refractivity contribution in [2.24, 2.45) is 5.92 Å². The van der Waals surface area contributed by atoms with Gasteiger partial charge in [-0.15, -0.1) is 0 Å². The lowest BCUT2D eigenvalue weighted by Crippen LogP contribution is -2.54. The summed E-state index contributed by atoms with van der Waals surface area (Å²) in [6.07, 6.45) is 0. The molecule has 1 fully saturated rings. The molecule has 1 atom stereocenters. The van der Waals surface area contributed by atoms with Gasteiger partial charge in [-0.05, 0) is 30.2 Å². The minimum Gasteiger partial charge on any atom is -0.399 e. The van der Waals surface area contributed by atoms with Crippen LogP contribution in [0.2, 0.25) is 0 Å². The summed E-state index contributed by atoms with van der Waals surface area (Å²) >= 11 is 0. The van der Waals surface area contributed by atoms with Gasteiger partial charge in [0, 0.05) is 37.6 Å². The molecule has 0 aromatic heterocycles. The second-order valence-corrected chi connectivity index (χ2v) is 5.59. The number of benzene rings is 1. The highest BCUT2D eigenvalue weighted by molar-refractivity contribution is 5.95. The first kappa shape index (κ1) is 14.8. The van der Waals surface area contributed by atoms with Crippen molar-refractivity contribution in [3.8, 4) is 0 Å². The van der Waals surface area contributed by atoms with E-state index in [1.807, 2.05) is 12.1 Å². The fraction of sp³-hybridized carbons (Fsp3) is 0.533. The van der Waals surface area contributed by atoms with Crippen LogP contribution in [0, 0.1) is 5.92 Å². The van der Waals surface area contributed by atoms with Gasteiger partial charge in [-0.1, -0.05) is 13.8 Å². The second kappa shape index (κ2) is 6.72. The van der Waals surface area contributed by atoms with Crippen LogP contribution in [0.15, 0.2) is 24.3 Å². The van der Waals surface area contributed by atoms with Gasteiger partial charge in [0.15, 0.2) is 0 Å². The van der Waals surface area contributed by atoms with Crippen LogP contribution < -0.4 is 16.4 Å². The predicted octanol–water partition coefficient (Wildman–Crippen LogP) is 1.14. The number of anilines is 2. The molecule has 1 aliphatic heterocycles. The highest BCUT2D eigenvalue weighted by Gasteiger charge is 2.29. The highest BCUT2D eigenvalue weighted by Crippen LogP contribution is 2.16. The van der Waals surface area contributed by atoms with Crippen LogP contribution in [0.25, 0.3) is 0 Å². The van der Waals surface area contributed by atoms with E-state index in [1.165, 1.54) is 0 Å². The van der Waals surface area contributed by atoms with E-state index in [1.54, 1.807) is 12.1 Å². The molecule has 0 bridgehead atoms. The Labute approximate surface area is 120 Å². The Balaban J connectivity index is 2.04. The fourth-order valence-corrected chi connectivity index (χ4v) is 2.63. The summed E-state index contributed by atoms with van der Waals surface area (Å²) in [6.45, 7) is 7.90. The van der Waals surface area contributed by atoms with E-state index < -0.39 is 0 Å². The summed E-state index contributed by atoms with van der Waals surface area (Å²) < 4.78 is 0. The lowest BCUT2D eigenvalue weighted by molar-refractivity contribution is -0.123. The van der Waals surface area contributed by atoms with E-state index in [-0.39, 0.29) is 17.9 Å². The van der Waals surface area contributed by atoms with E-state index >= 15 is 0 Å². The number of amides is 1. The zero-order valence-corrected chi connectivity index (χ0v) is 12.2. The number of nitrogens with one attached hydrogen (secondary N) is 2. The molecule has 5 nitrogen and oxygen atoms in total. The monoisotopic (exact) mass is 276 g/mol. The minimum absolute atomic E-state index is 0.0617. The van der Waals surface area contributed by atoms with Crippen LogP contribution in [-0.2, 0) is 4.79 Å². The van der Waals surface area contributed by atoms with Crippen molar-refractivity contribution < 1.29 is 4.79 Å². The molecule has 1 heterocycles. The van der Waals surface area contributed by atoms with E-state index in [4.69, 9.17) is 5.73 Å². The third kappa shape index (κ3) is 3.71. The Kier molecular flexibility index (Phi) is 4.98. The van der Waals surface area contributed by atoms with Gasteiger partial charge in [0.05, 0.1) is 6.04 Å². The molecule has 1 amide bonds. The molecular formula is C15H24N4O. The molecule has 1 saturated heterocycles. The van der Waals surface area contributed by atoms with E-state index in [2.05, 4.69) is 29.4 Å². The normalized spacial score (nSPS) is 17.9. The number of carbonyl (C=O) groups is 1. The smallest absolute Gasteiger partial charge is 0.241 e. The molecule has 0 spiro atoms. The first-order chi connectivity index (χ1) is 9.58. The number of nitrogen functional groups attached to an aromatic ring is 1. The Hall–Kier alpha value is -1.59. The van der Waals surface area contributed by atoms with Crippen molar-refractivity contribution in [2.75, 3.05) is 37.2 Å². The number of nitrogens with zero attached hydrogens (tertiary/aromatic N) is 1. The van der Waals surface area contributed by atoms with Crippen LogP contribution in [0.1, 0.15) is 13.8 Å². The molecular weight excluding hydrogens is 252 g/mol. The first-order valence-electron chi connectivity index (χ1n) is 7.19. The van der Waals surface area contributed by atoms with Crippen LogP contribution >= 0.6 is 0 Å². The number of piperazine rings is 1. The second-order valence-electron chi connectivity index (χ2n) is 5.59. The maximum atomic E-state index is 12.5. The summed E-state index contributed by atoms with van der Waals surface area (Å²) in [5.74, 6) is 0.341. The summed E-state index contributed by atoms with van der Waals surface area (Å²) in [6, 6.07) is 7.18. The maximum Gasteiger partial charge on any atom is 0.241 e. The van der Waals surface area contributed by atoms with Gasteiger partial charge in [0.25, 0.3) is 0 Å². The van der Waals surface area contributed by atoms with Crippen molar-refractivity contribution in [3.63, 3.8) is 0 Å². The zero-order chi connectivity index (χ0) is 14.5. The quantitative estimate of drug-likeness (QED) is 0.721. The van der Waals surface area contributed by atoms with Crippen LogP contribution in [0.3, 0.4) is 0 Å². The topological polar surface area (TPSA) is 70.4 Å². The summed E-state index contributed by atoms with van der Waals surface area (Å²) in [5.41, 5.74) is 7.15. The first-order valence-corrected chi connectivity index (χ1v) is 7.19. The lowest BCUT2D eigenvalue weighted by atomic mass is 10.0. The number of carbonyl (C=O) groups excluding carboxylic acids is 1. The molecule has 1 aliphatic rings. The molecule has 0 aliphatic carbocycles. The molecule has 1 unspecified atom stereocenters. The molecule has 1 aromatic rings. The predicted molar refractivity (Wildman–Crippen MR) is 82.6 cm³/mol. The standard InChI is InChI=1S/C15H24N4O/c1-11(2)14(19-9-7-17-8-10-19)15(20)18-13-5-3-12(16)4-6-13/h3-6,11,14,17H,7-10,16H2,1-2H3,(H,18,20). The molecule has 2 rings (SSSR count). The third-order valence-electron chi connectivity index (χ3n) is 3.62. The lowest BCUT2D eigenvalue weighted by Gasteiger charge is -2.36. The summed E-state index contributed by atoms with van der Waals surface area (Å²) in [4.78, 5) is 14.8. The molecule has 5 heteroatoms. The van der Waals surface area contributed by atoms with Crippen molar-refractivity contribution >= 4 is 17.3 Å². The van der Waals surface area contributed by atoms with Crippen molar-refractivity contribution in [1.29, 1.82) is 0 Å². The maximum absolute atomic E-state index is 12.5. The average molecular weight is 276 g/mol. The number of rotatable bonds is 4. The van der Waals surface area contributed by atoms with Crippen LogP contribution in [-0.4, -0.2) is 43.0 Å². The van der Waals surface area contributed by atoms with Gasteiger partial charge in [0.2, 0.25) is 5.91 Å². The van der Waals surface area contributed by atoms with E-state index in [9.17, 15) is 4.79 Å². The Morgan fingerprint density at radius 1 is 1.25 bits per heavy atom. The molecule has 4 N–H and O–H groups in total. The van der Waals surface area contributed by atoms with Gasteiger partial charge in [-0.3, -0.25) is 9.69 Å². The molecule has 1 aromatic carbocycles. The van der Waals surface area contributed by atoms with Crippen molar-refractivity contribution in [3.05, 3.63) is 24.3 Å². The molecule has 0 radical (unpaired) electrons. The molecule has 110 valence electrons. The number of nitrogens with two attached hydrogens (primary N) is 1. The van der Waals surface area contributed by atoms with Crippen molar-refractivity contribution in [2.45, 2.75) is 19.9 Å². The summed E-state index contributed by atoms with van der Waals surface area (Å²) in [5, 5.41) is 6.31. The highest BCUT2D eigenvalue weighted by atomic mass is 16.2. The zero-order valence-electron chi connectivity index (χ0n) is 12.2. The average Bonchev–Trinajstić information content (AvgIpc) is 2.42. The Morgan fingerprint density at radius 3 is 2.40 bits per heavy atom. The largest absolute Gasteiger partial charge is 0.399 e. The van der Waals surface area contributed by atoms with E-state index in [0.29, 0.717) is 5.69 Å². The van der Waals surface area contributed by atoms with Crippen LogP contribution in [0.4, 0.5) is 11.4 Å². The van der Waals surface area contributed by atoms with Gasteiger partial charge < -0.3 is 16.4 Å². The molecule has 0 saturated carbocycles. The Bertz CT molecular complexity index is 438. The molecule has 20 heavy (non-hydrogen) atoms. The van der Waals surface area contributed by atoms with Gasteiger partial charge in [-0.25, -0.2) is 0 Å². The minimum atomic E-state index is -0.0883. The van der Waals surface area contributed by atoms with Crippen molar-refractivity contribution in [1.82, 2.24) is 10.2 Å². The van der Waals surface area contributed by atoms with Gasteiger partial charge >= 0.3 is 0 Å². The number of hydrogen-bond acceptors (Lipinski definition) is 4. The SMILES string of the molecule is CC(C)C(C(=O)Nc1ccc(N)cc1)N1CCNCC1. The Morgan fingerprint density at radius 2 is 1.85 bits per heavy atom. The van der Waals surface area contributed by atoms with Gasteiger partial charge in [-0.2, -0.15) is 0 Å². The fourth-order valence-electron chi connectivity index (χ4n) is 2.63. The number of hydrogen-bond donors (Lipinski definition) is 3. The summed E-state index contributed by atoms with van der Waals surface area (Å²) in [7, 11) is 0. The van der Waals surface area contributed by atoms with E-state index in [0.717, 1.165) is 31.9 Å².